The van der Waals surface area contributed by atoms with E-state index in [9.17, 15) is 4.79 Å². The Kier molecular flexibility index (Phi) is 7.03. The van der Waals surface area contributed by atoms with Gasteiger partial charge in [0.2, 0.25) is 0 Å². The van der Waals surface area contributed by atoms with Gasteiger partial charge in [-0.2, -0.15) is 0 Å². The molecule has 1 unspecified atom stereocenters. The third-order valence-electron chi connectivity index (χ3n) is 4.06. The number of carbonyl (C=O) groups is 1. The van der Waals surface area contributed by atoms with Crippen LogP contribution in [0.1, 0.15) is 31.1 Å². The third-order valence-corrected chi connectivity index (χ3v) is 4.40. The SMILES string of the molecule is CC[N+](CC)(CC)CC(CCl)OC(=O)c1ccccc1. The summed E-state index contributed by atoms with van der Waals surface area (Å²) in [6.45, 7) is 10.3. The van der Waals surface area contributed by atoms with Crippen LogP contribution >= 0.6 is 11.6 Å². The number of likely N-dealkylation sites (N-methyl/N-ethyl adjacent to an activating group) is 1. The molecule has 0 heterocycles. The molecule has 0 amide bonds. The zero-order valence-corrected chi connectivity index (χ0v) is 13.4. The molecule has 0 spiro atoms. The number of halogens is 1. The Morgan fingerprint density at radius 2 is 1.70 bits per heavy atom. The highest BCUT2D eigenvalue weighted by atomic mass is 35.5. The van der Waals surface area contributed by atoms with Crippen LogP contribution in [0.25, 0.3) is 0 Å². The lowest BCUT2D eigenvalue weighted by Gasteiger charge is -2.37. The molecule has 0 aliphatic carbocycles. The maximum atomic E-state index is 12.1. The number of rotatable bonds is 8. The Hall–Kier alpha value is -1.06. The highest BCUT2D eigenvalue weighted by molar-refractivity contribution is 6.18. The van der Waals surface area contributed by atoms with Crippen LogP contribution in [0.15, 0.2) is 30.3 Å². The molecule has 1 rings (SSSR count). The molecule has 20 heavy (non-hydrogen) atoms. The van der Waals surface area contributed by atoms with Gasteiger partial charge in [0.15, 0.2) is 6.10 Å². The predicted molar refractivity (Wildman–Crippen MR) is 83.1 cm³/mol. The van der Waals surface area contributed by atoms with Crippen molar-refractivity contribution < 1.29 is 14.0 Å². The van der Waals surface area contributed by atoms with E-state index in [1.807, 2.05) is 18.2 Å². The number of hydrogen-bond donors (Lipinski definition) is 0. The van der Waals surface area contributed by atoms with Crippen LogP contribution in [-0.4, -0.2) is 48.6 Å². The lowest BCUT2D eigenvalue weighted by molar-refractivity contribution is -0.925. The summed E-state index contributed by atoms with van der Waals surface area (Å²) in [6.07, 6.45) is -0.246. The lowest BCUT2D eigenvalue weighted by Crippen LogP contribution is -2.53. The fourth-order valence-corrected chi connectivity index (χ4v) is 2.56. The van der Waals surface area contributed by atoms with Gasteiger partial charge in [-0.25, -0.2) is 4.79 Å². The van der Waals surface area contributed by atoms with Gasteiger partial charge in [-0.1, -0.05) is 18.2 Å². The number of esters is 1. The number of carbonyl (C=O) groups excluding carboxylic acids is 1. The minimum Gasteiger partial charge on any atom is -0.451 e. The average molecular weight is 299 g/mol. The van der Waals surface area contributed by atoms with Crippen molar-refractivity contribution in [2.45, 2.75) is 26.9 Å². The van der Waals surface area contributed by atoms with Gasteiger partial charge in [-0.15, -0.1) is 11.6 Å². The molecular formula is C16H25ClNO2+. The van der Waals surface area contributed by atoms with Crippen molar-refractivity contribution in [2.75, 3.05) is 32.1 Å². The van der Waals surface area contributed by atoms with Crippen molar-refractivity contribution in [3.8, 4) is 0 Å². The molecule has 1 aromatic rings. The van der Waals surface area contributed by atoms with Gasteiger partial charge in [-0.05, 0) is 32.9 Å². The van der Waals surface area contributed by atoms with E-state index in [-0.39, 0.29) is 12.1 Å². The second-order valence-corrected chi connectivity index (χ2v) is 5.33. The highest BCUT2D eigenvalue weighted by Gasteiger charge is 2.28. The maximum absolute atomic E-state index is 12.1. The first-order valence-corrected chi connectivity index (χ1v) is 7.81. The summed E-state index contributed by atoms with van der Waals surface area (Å²) in [6, 6.07) is 9.06. The molecule has 1 aromatic carbocycles. The van der Waals surface area contributed by atoms with E-state index < -0.39 is 0 Å². The molecule has 0 N–H and O–H groups in total. The van der Waals surface area contributed by atoms with Gasteiger partial charge in [0.1, 0.15) is 6.54 Å². The van der Waals surface area contributed by atoms with Gasteiger partial charge in [0, 0.05) is 0 Å². The molecule has 112 valence electrons. The van der Waals surface area contributed by atoms with Crippen LogP contribution < -0.4 is 0 Å². The van der Waals surface area contributed by atoms with E-state index in [0.717, 1.165) is 30.7 Å². The van der Waals surface area contributed by atoms with Crippen LogP contribution in [0.3, 0.4) is 0 Å². The smallest absolute Gasteiger partial charge is 0.338 e. The second kappa shape index (κ2) is 8.28. The van der Waals surface area contributed by atoms with E-state index in [1.165, 1.54) is 0 Å². The van der Waals surface area contributed by atoms with Crippen molar-refractivity contribution in [3.05, 3.63) is 35.9 Å². The third kappa shape index (κ3) is 4.50. The van der Waals surface area contributed by atoms with E-state index in [4.69, 9.17) is 16.3 Å². The first-order valence-electron chi connectivity index (χ1n) is 7.27. The van der Waals surface area contributed by atoms with E-state index in [2.05, 4.69) is 20.8 Å². The first-order chi connectivity index (χ1) is 9.60. The van der Waals surface area contributed by atoms with Crippen molar-refractivity contribution in [2.24, 2.45) is 0 Å². The normalized spacial score (nSPS) is 13.0. The molecule has 1 atom stereocenters. The number of alkyl halides is 1. The maximum Gasteiger partial charge on any atom is 0.338 e. The fraction of sp³-hybridized carbons (Fsp3) is 0.562. The van der Waals surface area contributed by atoms with Crippen LogP contribution in [0.5, 0.6) is 0 Å². The van der Waals surface area contributed by atoms with Gasteiger partial charge in [-0.3, -0.25) is 0 Å². The highest BCUT2D eigenvalue weighted by Crippen LogP contribution is 2.12. The van der Waals surface area contributed by atoms with Crippen molar-refractivity contribution in [3.63, 3.8) is 0 Å². The Bertz CT molecular complexity index is 396. The summed E-state index contributed by atoms with van der Waals surface area (Å²) in [4.78, 5) is 12.1. The Balaban J connectivity index is 2.70. The molecule has 0 fully saturated rings. The Morgan fingerprint density at radius 3 is 2.15 bits per heavy atom. The zero-order chi connectivity index (χ0) is 15.0. The molecule has 0 radical (unpaired) electrons. The van der Waals surface area contributed by atoms with Crippen molar-refractivity contribution in [1.82, 2.24) is 0 Å². The molecule has 0 bridgehead atoms. The summed E-state index contributed by atoms with van der Waals surface area (Å²) < 4.78 is 6.48. The summed E-state index contributed by atoms with van der Waals surface area (Å²) >= 11 is 5.99. The molecular weight excluding hydrogens is 274 g/mol. The molecule has 3 nitrogen and oxygen atoms in total. The van der Waals surface area contributed by atoms with Gasteiger partial charge in [0.05, 0.1) is 31.1 Å². The number of quaternary nitrogens is 1. The van der Waals surface area contributed by atoms with Crippen LogP contribution in [0, 0.1) is 0 Å². The van der Waals surface area contributed by atoms with Crippen molar-refractivity contribution >= 4 is 17.6 Å². The van der Waals surface area contributed by atoms with Crippen molar-refractivity contribution in [1.29, 1.82) is 0 Å². The van der Waals surface area contributed by atoms with Gasteiger partial charge < -0.3 is 9.22 Å². The number of nitrogens with zero attached hydrogens (tertiary/aromatic N) is 1. The first kappa shape index (κ1) is 17.0. The van der Waals surface area contributed by atoms with Gasteiger partial charge >= 0.3 is 5.97 Å². The topological polar surface area (TPSA) is 26.3 Å². The lowest BCUT2D eigenvalue weighted by atomic mass is 10.2. The van der Waals surface area contributed by atoms with Crippen LogP contribution in [0.2, 0.25) is 0 Å². The number of benzene rings is 1. The molecule has 0 saturated carbocycles. The fourth-order valence-electron chi connectivity index (χ4n) is 2.40. The minimum absolute atomic E-state index is 0.246. The Morgan fingerprint density at radius 1 is 1.15 bits per heavy atom. The Labute approximate surface area is 127 Å². The molecule has 0 aromatic heterocycles. The van der Waals surface area contributed by atoms with Crippen LogP contribution in [-0.2, 0) is 4.74 Å². The second-order valence-electron chi connectivity index (χ2n) is 5.02. The number of ether oxygens (including phenoxy) is 1. The largest absolute Gasteiger partial charge is 0.451 e. The molecule has 0 saturated heterocycles. The van der Waals surface area contributed by atoms with Gasteiger partial charge in [0.25, 0.3) is 0 Å². The monoisotopic (exact) mass is 298 g/mol. The quantitative estimate of drug-likeness (QED) is 0.418. The number of hydrogen-bond acceptors (Lipinski definition) is 2. The average Bonchev–Trinajstić information content (AvgIpc) is 2.52. The van der Waals surface area contributed by atoms with Crippen LogP contribution in [0.4, 0.5) is 0 Å². The molecule has 0 aliphatic rings. The summed E-state index contributed by atoms with van der Waals surface area (Å²) in [5.74, 6) is 0.0381. The zero-order valence-electron chi connectivity index (χ0n) is 12.6. The summed E-state index contributed by atoms with van der Waals surface area (Å²) in [5, 5.41) is 0. The van der Waals surface area contributed by atoms with E-state index in [0.29, 0.717) is 11.4 Å². The minimum atomic E-state index is -0.294. The molecule has 0 aliphatic heterocycles. The summed E-state index contributed by atoms with van der Waals surface area (Å²) in [5.41, 5.74) is 0.574. The predicted octanol–water partition coefficient (Wildman–Crippen LogP) is 3.33. The molecule has 4 heteroatoms. The van der Waals surface area contributed by atoms with E-state index in [1.54, 1.807) is 12.1 Å². The standard InChI is InChI=1S/C16H25ClNO2/c1-4-18(5-2,6-3)13-15(12-17)20-16(19)14-10-8-7-9-11-14/h7-11,15H,4-6,12-13H2,1-3H3/q+1. The summed E-state index contributed by atoms with van der Waals surface area (Å²) in [7, 11) is 0. The van der Waals surface area contributed by atoms with E-state index >= 15 is 0 Å².